The van der Waals surface area contributed by atoms with Gasteiger partial charge in [-0.05, 0) is 49.2 Å². The quantitative estimate of drug-likeness (QED) is 0.511. The van der Waals surface area contributed by atoms with Crippen molar-refractivity contribution in [3.05, 3.63) is 58.9 Å². The number of anilines is 1. The third-order valence-electron chi connectivity index (χ3n) is 4.55. The van der Waals surface area contributed by atoms with Gasteiger partial charge in [0.05, 0.1) is 10.6 Å². The van der Waals surface area contributed by atoms with E-state index in [4.69, 9.17) is 16.3 Å². The smallest absolute Gasteiger partial charge is 0.324 e. The number of amides is 1. The molecule has 1 N–H and O–H groups in total. The average molecular weight is 477 g/mol. The van der Waals surface area contributed by atoms with Crippen LogP contribution in [-0.2, 0) is 24.3 Å². The van der Waals surface area contributed by atoms with Gasteiger partial charge in [0.1, 0.15) is 6.04 Å². The number of nitrogens with zero attached hydrogens (tertiary/aromatic N) is 1. The van der Waals surface area contributed by atoms with E-state index in [2.05, 4.69) is 0 Å². The first-order valence-electron chi connectivity index (χ1n) is 8.98. The summed E-state index contributed by atoms with van der Waals surface area (Å²) in [5, 5.41) is 2.30. The highest BCUT2D eigenvalue weighted by Crippen LogP contribution is 2.27. The molecule has 166 valence electrons. The number of esters is 1. The van der Waals surface area contributed by atoms with Gasteiger partial charge in [0.25, 0.3) is 5.91 Å². The third kappa shape index (κ3) is 5.00. The van der Waals surface area contributed by atoms with Crippen LogP contribution in [0.2, 0.25) is 5.02 Å². The fourth-order valence-electron chi connectivity index (χ4n) is 3.05. The summed E-state index contributed by atoms with van der Waals surface area (Å²) in [6.07, 6.45) is 0.587. The first kappa shape index (κ1) is 23.0. The van der Waals surface area contributed by atoms with E-state index >= 15 is 0 Å². The molecule has 3 rings (SSSR count). The molecule has 1 saturated heterocycles. The summed E-state index contributed by atoms with van der Waals surface area (Å²) in [5.41, 5.74) is -0.632. The zero-order valence-corrected chi connectivity index (χ0v) is 17.4. The van der Waals surface area contributed by atoms with Crippen LogP contribution in [0.3, 0.4) is 0 Å². The van der Waals surface area contributed by atoms with Crippen LogP contribution in [0.1, 0.15) is 12.8 Å². The molecule has 12 heteroatoms. The van der Waals surface area contributed by atoms with Gasteiger partial charge in [0, 0.05) is 11.6 Å². The minimum atomic E-state index is -4.00. The normalized spacial score (nSPS) is 16.8. The Hall–Kier alpha value is -2.63. The van der Waals surface area contributed by atoms with Crippen LogP contribution in [0.4, 0.5) is 18.9 Å². The topological polar surface area (TPSA) is 92.8 Å². The minimum absolute atomic E-state index is 0.0526. The van der Waals surface area contributed by atoms with Crippen molar-refractivity contribution >= 4 is 39.2 Å². The van der Waals surface area contributed by atoms with E-state index in [1.165, 1.54) is 24.3 Å². The van der Waals surface area contributed by atoms with E-state index in [9.17, 15) is 31.2 Å². The predicted octanol–water partition coefficient (Wildman–Crippen LogP) is 3.09. The number of carbonyl (C=O) groups excluding carboxylic acids is 2. The maximum Gasteiger partial charge on any atom is 0.324 e. The van der Waals surface area contributed by atoms with E-state index in [-0.39, 0.29) is 17.9 Å². The van der Waals surface area contributed by atoms with Crippen LogP contribution < -0.4 is 5.32 Å². The van der Waals surface area contributed by atoms with Crippen molar-refractivity contribution in [1.82, 2.24) is 4.31 Å². The van der Waals surface area contributed by atoms with Gasteiger partial charge in [0.15, 0.2) is 24.1 Å². The Kier molecular flexibility index (Phi) is 6.87. The van der Waals surface area contributed by atoms with Crippen molar-refractivity contribution in [3.63, 3.8) is 0 Å². The molecule has 1 unspecified atom stereocenters. The van der Waals surface area contributed by atoms with E-state index in [0.717, 1.165) is 10.4 Å². The van der Waals surface area contributed by atoms with E-state index in [1.807, 2.05) is 5.32 Å². The summed E-state index contributed by atoms with van der Waals surface area (Å²) >= 11 is 5.77. The van der Waals surface area contributed by atoms with Crippen LogP contribution in [0, 0.1) is 17.5 Å². The molecular weight excluding hydrogens is 461 g/mol. The molecule has 1 heterocycles. The monoisotopic (exact) mass is 476 g/mol. The van der Waals surface area contributed by atoms with Crippen LogP contribution in [-0.4, -0.2) is 43.8 Å². The number of ether oxygens (including phenoxy) is 1. The Labute approximate surface area is 180 Å². The summed E-state index contributed by atoms with van der Waals surface area (Å²) in [6.45, 7) is -0.792. The Balaban J connectivity index is 1.64. The summed E-state index contributed by atoms with van der Waals surface area (Å²) in [6, 6.07) is 5.71. The lowest BCUT2D eigenvalue weighted by Gasteiger charge is -2.22. The van der Waals surface area contributed by atoms with Crippen molar-refractivity contribution < 1.29 is 35.9 Å². The predicted molar refractivity (Wildman–Crippen MR) is 104 cm³/mol. The molecule has 1 aliphatic heterocycles. The van der Waals surface area contributed by atoms with Gasteiger partial charge in [-0.15, -0.1) is 0 Å². The summed E-state index contributed by atoms with van der Waals surface area (Å²) in [4.78, 5) is 24.2. The molecule has 0 saturated carbocycles. The van der Waals surface area contributed by atoms with Crippen molar-refractivity contribution in [2.45, 2.75) is 23.8 Å². The summed E-state index contributed by atoms with van der Waals surface area (Å²) < 4.78 is 71.3. The Bertz CT molecular complexity index is 1110. The standard InChI is InChI=1S/C19H16ClF3N2O5S/c20-11-3-5-12(6-4-11)31(28,29)25-9-1-2-15(25)19(27)30-10-16(26)24-14-8-7-13(21)17(22)18(14)23/h3-8,15H,1-2,9-10H2,(H,24,26). The molecule has 31 heavy (non-hydrogen) atoms. The van der Waals surface area contributed by atoms with Crippen molar-refractivity contribution in [2.75, 3.05) is 18.5 Å². The van der Waals surface area contributed by atoms with Crippen LogP contribution in [0.5, 0.6) is 0 Å². The van der Waals surface area contributed by atoms with E-state index in [1.54, 1.807) is 0 Å². The molecule has 2 aromatic rings. The Morgan fingerprint density at radius 1 is 1.10 bits per heavy atom. The van der Waals surface area contributed by atoms with Crippen molar-refractivity contribution in [3.8, 4) is 0 Å². The maximum atomic E-state index is 13.6. The van der Waals surface area contributed by atoms with Crippen LogP contribution in [0.15, 0.2) is 41.3 Å². The van der Waals surface area contributed by atoms with Crippen molar-refractivity contribution in [1.29, 1.82) is 0 Å². The third-order valence-corrected chi connectivity index (χ3v) is 6.73. The van der Waals surface area contributed by atoms with Crippen molar-refractivity contribution in [2.24, 2.45) is 0 Å². The number of halogens is 4. The molecule has 1 amide bonds. The molecule has 2 aromatic carbocycles. The molecule has 1 fully saturated rings. The van der Waals surface area contributed by atoms with Gasteiger partial charge in [-0.2, -0.15) is 4.31 Å². The molecule has 0 radical (unpaired) electrons. The fraction of sp³-hybridized carbons (Fsp3) is 0.263. The number of benzene rings is 2. The maximum absolute atomic E-state index is 13.6. The number of carbonyl (C=O) groups is 2. The van der Waals surface area contributed by atoms with E-state index < -0.39 is 57.7 Å². The average Bonchev–Trinajstić information content (AvgIpc) is 3.24. The zero-order chi connectivity index (χ0) is 22.8. The molecule has 0 aliphatic carbocycles. The minimum Gasteiger partial charge on any atom is -0.454 e. The lowest BCUT2D eigenvalue weighted by molar-refractivity contribution is -0.150. The Morgan fingerprint density at radius 2 is 1.77 bits per heavy atom. The Morgan fingerprint density at radius 3 is 2.45 bits per heavy atom. The van der Waals surface area contributed by atoms with Gasteiger partial charge in [-0.1, -0.05) is 11.6 Å². The fourth-order valence-corrected chi connectivity index (χ4v) is 4.82. The summed E-state index contributed by atoms with van der Waals surface area (Å²) in [7, 11) is -4.00. The molecule has 1 atom stereocenters. The highest BCUT2D eigenvalue weighted by Gasteiger charge is 2.40. The SMILES string of the molecule is O=C(COC(=O)C1CCCN1S(=O)(=O)c1ccc(Cl)cc1)Nc1ccc(F)c(F)c1F. The molecule has 0 bridgehead atoms. The highest BCUT2D eigenvalue weighted by atomic mass is 35.5. The second-order valence-electron chi connectivity index (χ2n) is 6.61. The second kappa shape index (κ2) is 9.25. The first-order chi connectivity index (χ1) is 14.6. The number of nitrogens with one attached hydrogen (secondary N) is 1. The van der Waals surface area contributed by atoms with Crippen LogP contribution >= 0.6 is 11.6 Å². The zero-order valence-electron chi connectivity index (χ0n) is 15.8. The largest absolute Gasteiger partial charge is 0.454 e. The first-order valence-corrected chi connectivity index (χ1v) is 10.8. The lowest BCUT2D eigenvalue weighted by Crippen LogP contribution is -2.42. The van der Waals surface area contributed by atoms with Crippen LogP contribution in [0.25, 0.3) is 0 Å². The van der Waals surface area contributed by atoms with Gasteiger partial charge < -0.3 is 10.1 Å². The number of hydrogen-bond donors (Lipinski definition) is 1. The molecule has 0 aromatic heterocycles. The van der Waals surface area contributed by atoms with E-state index in [0.29, 0.717) is 17.5 Å². The molecule has 7 nitrogen and oxygen atoms in total. The highest BCUT2D eigenvalue weighted by molar-refractivity contribution is 7.89. The second-order valence-corrected chi connectivity index (χ2v) is 8.93. The van der Waals surface area contributed by atoms with Gasteiger partial charge >= 0.3 is 5.97 Å². The number of hydrogen-bond acceptors (Lipinski definition) is 5. The number of sulfonamides is 1. The molecule has 0 spiro atoms. The van der Waals surface area contributed by atoms with Gasteiger partial charge in [-0.25, -0.2) is 21.6 Å². The van der Waals surface area contributed by atoms with Gasteiger partial charge in [0.2, 0.25) is 10.0 Å². The van der Waals surface area contributed by atoms with Gasteiger partial charge in [-0.3, -0.25) is 9.59 Å². The summed E-state index contributed by atoms with van der Waals surface area (Å²) in [5.74, 6) is -6.76. The lowest BCUT2D eigenvalue weighted by atomic mass is 10.2. The molecule has 1 aliphatic rings. The number of rotatable bonds is 6. The molecular formula is C19H16ClF3N2O5S.